The Morgan fingerprint density at radius 1 is 1.18 bits per heavy atom. The van der Waals surface area contributed by atoms with Crippen molar-refractivity contribution < 1.29 is 9.21 Å². The van der Waals surface area contributed by atoms with Crippen LogP contribution in [0.5, 0.6) is 0 Å². The molecule has 1 N–H and O–H groups in total. The summed E-state index contributed by atoms with van der Waals surface area (Å²) in [6.07, 6.45) is 2.51. The quantitative estimate of drug-likeness (QED) is 0.422. The highest BCUT2D eigenvalue weighted by atomic mass is 35.5. The van der Waals surface area contributed by atoms with Crippen LogP contribution < -0.4 is 10.2 Å². The molecule has 1 aromatic heterocycles. The van der Waals surface area contributed by atoms with Gasteiger partial charge in [-0.2, -0.15) is 0 Å². The van der Waals surface area contributed by atoms with Gasteiger partial charge in [-0.05, 0) is 38.0 Å². The lowest BCUT2D eigenvalue weighted by Crippen LogP contribution is -2.52. The van der Waals surface area contributed by atoms with Crippen LogP contribution in [0.15, 0.2) is 59.0 Å². The molecule has 1 aliphatic rings. The summed E-state index contributed by atoms with van der Waals surface area (Å²) in [6.45, 7) is 8.78. The SMILES string of the molecule is CCCc1nc(-c2ccccc2)c(C(=O)NCCCN2CCN(c3cccc(Cl)c3)CC2C)o1. The molecular weight excluding hydrogens is 448 g/mol. The van der Waals surface area contributed by atoms with Crippen LogP contribution in [0, 0.1) is 0 Å². The molecule has 3 aromatic rings. The van der Waals surface area contributed by atoms with Gasteiger partial charge in [-0.25, -0.2) is 4.98 Å². The minimum Gasteiger partial charge on any atom is -0.435 e. The first-order valence-corrected chi connectivity index (χ1v) is 12.5. The fraction of sp³-hybridized carbons (Fsp3) is 0.407. The maximum Gasteiger partial charge on any atom is 0.289 e. The third-order valence-electron chi connectivity index (χ3n) is 6.23. The molecule has 1 saturated heterocycles. The molecule has 2 heterocycles. The number of amides is 1. The molecule has 0 saturated carbocycles. The molecule has 1 unspecified atom stereocenters. The van der Waals surface area contributed by atoms with Crippen LogP contribution in [0.25, 0.3) is 11.3 Å². The Hall–Kier alpha value is -2.83. The van der Waals surface area contributed by atoms with Crippen LogP contribution >= 0.6 is 11.6 Å². The number of benzene rings is 2. The number of hydrogen-bond acceptors (Lipinski definition) is 5. The second-order valence-corrected chi connectivity index (χ2v) is 9.26. The van der Waals surface area contributed by atoms with Crippen molar-refractivity contribution in [2.24, 2.45) is 0 Å². The van der Waals surface area contributed by atoms with Gasteiger partial charge in [0.05, 0.1) is 0 Å². The first-order chi connectivity index (χ1) is 16.5. The number of rotatable bonds is 9. The van der Waals surface area contributed by atoms with Gasteiger partial charge in [-0.15, -0.1) is 0 Å². The molecule has 1 fully saturated rings. The predicted octanol–water partition coefficient (Wildman–Crippen LogP) is 5.28. The van der Waals surface area contributed by atoms with E-state index in [0.717, 1.165) is 49.6 Å². The van der Waals surface area contributed by atoms with Crippen LogP contribution in [0.2, 0.25) is 5.02 Å². The number of aromatic nitrogens is 1. The molecule has 2 aromatic carbocycles. The summed E-state index contributed by atoms with van der Waals surface area (Å²) >= 11 is 6.16. The smallest absolute Gasteiger partial charge is 0.289 e. The Morgan fingerprint density at radius 3 is 2.74 bits per heavy atom. The number of halogens is 1. The van der Waals surface area contributed by atoms with Crippen molar-refractivity contribution in [3.05, 3.63) is 71.3 Å². The van der Waals surface area contributed by atoms with Crippen LogP contribution in [0.1, 0.15) is 43.1 Å². The molecule has 4 rings (SSSR count). The van der Waals surface area contributed by atoms with Crippen molar-refractivity contribution in [3.63, 3.8) is 0 Å². The highest BCUT2D eigenvalue weighted by molar-refractivity contribution is 6.30. The summed E-state index contributed by atoms with van der Waals surface area (Å²) in [6, 6.07) is 18.2. The van der Waals surface area contributed by atoms with E-state index in [0.29, 0.717) is 36.4 Å². The lowest BCUT2D eigenvalue weighted by atomic mass is 10.1. The molecule has 7 heteroatoms. The summed E-state index contributed by atoms with van der Waals surface area (Å²) < 4.78 is 5.85. The summed E-state index contributed by atoms with van der Waals surface area (Å²) in [5.41, 5.74) is 2.69. The average Bonchev–Trinajstić information content (AvgIpc) is 3.27. The molecular formula is C27H33ClN4O2. The topological polar surface area (TPSA) is 61.6 Å². The van der Waals surface area contributed by atoms with E-state index in [2.05, 4.69) is 40.0 Å². The number of carbonyl (C=O) groups is 1. The van der Waals surface area contributed by atoms with Gasteiger partial charge in [0.2, 0.25) is 5.76 Å². The Kier molecular flexibility index (Phi) is 8.25. The zero-order valence-electron chi connectivity index (χ0n) is 20.0. The normalized spacial score (nSPS) is 16.6. The minimum atomic E-state index is -0.201. The van der Waals surface area contributed by atoms with E-state index < -0.39 is 0 Å². The third-order valence-corrected chi connectivity index (χ3v) is 6.47. The number of oxazole rings is 1. The van der Waals surface area contributed by atoms with Crippen molar-refractivity contribution in [1.82, 2.24) is 15.2 Å². The zero-order chi connectivity index (χ0) is 23.9. The number of nitrogens with zero attached hydrogens (tertiary/aromatic N) is 3. The van der Waals surface area contributed by atoms with Gasteiger partial charge >= 0.3 is 0 Å². The number of hydrogen-bond donors (Lipinski definition) is 1. The molecule has 34 heavy (non-hydrogen) atoms. The van der Waals surface area contributed by atoms with Crippen molar-refractivity contribution in [2.45, 2.75) is 39.2 Å². The monoisotopic (exact) mass is 480 g/mol. The zero-order valence-corrected chi connectivity index (χ0v) is 20.7. The highest BCUT2D eigenvalue weighted by Crippen LogP contribution is 2.25. The fourth-order valence-corrected chi connectivity index (χ4v) is 4.61. The Morgan fingerprint density at radius 2 is 2.00 bits per heavy atom. The van der Waals surface area contributed by atoms with Gasteiger partial charge < -0.3 is 14.6 Å². The molecule has 180 valence electrons. The molecule has 0 radical (unpaired) electrons. The number of anilines is 1. The lowest BCUT2D eigenvalue weighted by Gasteiger charge is -2.41. The fourth-order valence-electron chi connectivity index (χ4n) is 4.43. The number of piperazine rings is 1. The molecule has 1 atom stereocenters. The summed E-state index contributed by atoms with van der Waals surface area (Å²) in [7, 11) is 0. The van der Waals surface area contributed by atoms with Gasteiger partial charge in [0.15, 0.2) is 5.89 Å². The van der Waals surface area contributed by atoms with E-state index in [1.165, 1.54) is 5.69 Å². The van der Waals surface area contributed by atoms with Crippen LogP contribution in [-0.2, 0) is 6.42 Å². The molecule has 0 aliphatic carbocycles. The summed E-state index contributed by atoms with van der Waals surface area (Å²) in [5.74, 6) is 0.712. The van der Waals surface area contributed by atoms with Crippen molar-refractivity contribution >= 4 is 23.2 Å². The molecule has 1 aliphatic heterocycles. The van der Waals surface area contributed by atoms with Crippen LogP contribution in [-0.4, -0.2) is 54.6 Å². The van der Waals surface area contributed by atoms with E-state index in [4.69, 9.17) is 16.0 Å². The molecule has 1 amide bonds. The Balaban J connectivity index is 1.29. The average molecular weight is 481 g/mol. The van der Waals surface area contributed by atoms with Gasteiger partial charge in [-0.1, -0.05) is 54.9 Å². The third kappa shape index (κ3) is 5.99. The maximum absolute atomic E-state index is 12.9. The van der Waals surface area contributed by atoms with Crippen molar-refractivity contribution in [2.75, 3.05) is 37.6 Å². The van der Waals surface area contributed by atoms with E-state index in [1.54, 1.807) is 0 Å². The van der Waals surface area contributed by atoms with Crippen molar-refractivity contribution in [3.8, 4) is 11.3 Å². The van der Waals surface area contributed by atoms with Gasteiger partial charge in [0.25, 0.3) is 5.91 Å². The summed E-state index contributed by atoms with van der Waals surface area (Å²) in [4.78, 5) is 22.4. The largest absolute Gasteiger partial charge is 0.435 e. The standard InChI is InChI=1S/C27H33ClN4O2/c1-3-9-24-30-25(21-10-5-4-6-11-21)26(34-24)27(33)29-14-8-15-31-16-17-32(19-20(31)2)23-13-7-12-22(28)18-23/h4-7,10-13,18,20H,3,8-9,14-17,19H2,1-2H3,(H,29,33). The van der Waals surface area contributed by atoms with Crippen LogP contribution in [0.3, 0.4) is 0 Å². The van der Waals surface area contributed by atoms with E-state index in [1.807, 2.05) is 48.5 Å². The molecule has 0 bridgehead atoms. The number of aryl methyl sites for hydroxylation is 1. The lowest BCUT2D eigenvalue weighted by molar-refractivity contribution is 0.0921. The number of nitrogens with one attached hydrogen (secondary N) is 1. The second kappa shape index (κ2) is 11.5. The van der Waals surface area contributed by atoms with Crippen molar-refractivity contribution in [1.29, 1.82) is 0 Å². The Bertz CT molecular complexity index is 1090. The summed E-state index contributed by atoms with van der Waals surface area (Å²) in [5, 5.41) is 3.81. The first kappa shape index (κ1) is 24.3. The molecule has 6 nitrogen and oxygen atoms in total. The van der Waals surface area contributed by atoms with Crippen LogP contribution in [0.4, 0.5) is 5.69 Å². The van der Waals surface area contributed by atoms with E-state index >= 15 is 0 Å². The predicted molar refractivity (Wildman–Crippen MR) is 138 cm³/mol. The van der Waals surface area contributed by atoms with Gasteiger partial charge in [0, 0.05) is 61.5 Å². The van der Waals surface area contributed by atoms with E-state index in [9.17, 15) is 4.79 Å². The van der Waals surface area contributed by atoms with Gasteiger partial charge in [0.1, 0.15) is 5.69 Å². The minimum absolute atomic E-state index is 0.201. The Labute approximate surface area is 206 Å². The second-order valence-electron chi connectivity index (χ2n) is 8.82. The first-order valence-electron chi connectivity index (χ1n) is 12.1. The molecule has 0 spiro atoms. The van der Waals surface area contributed by atoms with E-state index in [-0.39, 0.29) is 5.91 Å². The number of carbonyl (C=O) groups excluding carboxylic acids is 1. The van der Waals surface area contributed by atoms with Gasteiger partial charge in [-0.3, -0.25) is 9.69 Å². The highest BCUT2D eigenvalue weighted by Gasteiger charge is 2.24. The maximum atomic E-state index is 12.9.